The highest BCUT2D eigenvalue weighted by molar-refractivity contribution is 6.02. The van der Waals surface area contributed by atoms with Crippen LogP contribution in [0.1, 0.15) is 25.7 Å². The predicted octanol–water partition coefficient (Wildman–Crippen LogP) is 0.305. The number of carboxylic acids is 1. The summed E-state index contributed by atoms with van der Waals surface area (Å²) in [6.07, 6.45) is 2.76. The minimum absolute atomic E-state index is 0.269. The van der Waals surface area contributed by atoms with Crippen LogP contribution in [-0.2, 0) is 14.3 Å². The molecule has 2 aliphatic rings. The Balaban J connectivity index is 2.03. The van der Waals surface area contributed by atoms with E-state index in [0.717, 1.165) is 12.8 Å². The van der Waals surface area contributed by atoms with Gasteiger partial charge in [0.2, 0.25) is 0 Å². The number of nitrogens with one attached hydrogen (secondary N) is 1. The van der Waals surface area contributed by atoms with E-state index in [4.69, 9.17) is 9.84 Å². The fraction of sp³-hybridized carbons (Fsp3) is 0.667. The smallest absolute Gasteiger partial charge is 0.332 e. The van der Waals surface area contributed by atoms with Crippen LogP contribution >= 0.6 is 0 Å². The fourth-order valence-corrected chi connectivity index (χ4v) is 2.28. The van der Waals surface area contributed by atoms with Crippen LogP contribution in [0.5, 0.6) is 0 Å². The van der Waals surface area contributed by atoms with Crippen LogP contribution < -0.4 is 5.43 Å². The number of hydrogen-bond acceptors (Lipinski definition) is 4. The minimum atomic E-state index is -0.971. The van der Waals surface area contributed by atoms with E-state index in [1.807, 2.05) is 0 Å². The highest BCUT2D eigenvalue weighted by atomic mass is 16.5. The summed E-state index contributed by atoms with van der Waals surface area (Å²) in [7, 11) is 0. The molecule has 18 heavy (non-hydrogen) atoms. The van der Waals surface area contributed by atoms with Crippen LogP contribution in [0.2, 0.25) is 0 Å². The van der Waals surface area contributed by atoms with Crippen molar-refractivity contribution in [2.75, 3.05) is 26.3 Å². The summed E-state index contributed by atoms with van der Waals surface area (Å²) < 4.78 is 5.19. The number of hydrogen-bond donors (Lipinski definition) is 2. The number of ether oxygens (including phenoxy) is 1. The molecule has 1 aliphatic heterocycles. The number of nitrogens with zero attached hydrogens (tertiary/aromatic N) is 1. The topological polar surface area (TPSA) is 78.9 Å². The lowest BCUT2D eigenvalue weighted by Crippen LogP contribution is -2.49. The standard InChI is InChI=1S/C12H18N2O4/c15-11(13-14-5-7-18-8-6-14)9-3-1-2-4-10(9)12(16)17/h1-8H2,(H,13,15)(H,16,17). The van der Waals surface area contributed by atoms with Crippen LogP contribution in [-0.4, -0.2) is 48.3 Å². The van der Waals surface area contributed by atoms with E-state index in [9.17, 15) is 9.59 Å². The molecule has 2 N–H and O–H groups in total. The first-order valence-corrected chi connectivity index (χ1v) is 6.27. The normalized spacial score (nSPS) is 21.8. The molecule has 0 aromatic rings. The molecule has 0 saturated carbocycles. The van der Waals surface area contributed by atoms with Crippen molar-refractivity contribution < 1.29 is 19.4 Å². The minimum Gasteiger partial charge on any atom is -0.478 e. The van der Waals surface area contributed by atoms with Gasteiger partial charge in [-0.2, -0.15) is 0 Å². The average Bonchev–Trinajstić information content (AvgIpc) is 2.40. The number of aliphatic carboxylic acids is 1. The average molecular weight is 254 g/mol. The van der Waals surface area contributed by atoms with Crippen LogP contribution in [0.4, 0.5) is 0 Å². The molecule has 0 bridgehead atoms. The molecule has 1 aliphatic carbocycles. The van der Waals surface area contributed by atoms with Gasteiger partial charge in [0.1, 0.15) is 0 Å². The van der Waals surface area contributed by atoms with Gasteiger partial charge in [-0.25, -0.2) is 9.80 Å². The van der Waals surface area contributed by atoms with E-state index in [2.05, 4.69) is 5.43 Å². The lowest BCUT2D eigenvalue weighted by atomic mass is 9.91. The summed E-state index contributed by atoms with van der Waals surface area (Å²) in [4.78, 5) is 23.2. The summed E-state index contributed by atoms with van der Waals surface area (Å²) in [5, 5.41) is 10.9. The zero-order valence-corrected chi connectivity index (χ0v) is 10.3. The summed E-state index contributed by atoms with van der Waals surface area (Å²) in [6.45, 7) is 2.46. The van der Waals surface area contributed by atoms with Gasteiger partial charge in [-0.05, 0) is 25.7 Å². The SMILES string of the molecule is O=C(O)C1=C(C(=O)NN2CCOCC2)CCCC1. The van der Waals surface area contributed by atoms with Gasteiger partial charge >= 0.3 is 5.97 Å². The van der Waals surface area contributed by atoms with Gasteiger partial charge in [0.25, 0.3) is 5.91 Å². The predicted molar refractivity (Wildman–Crippen MR) is 63.7 cm³/mol. The number of hydrazine groups is 1. The molecule has 0 radical (unpaired) electrons. The maximum atomic E-state index is 12.1. The third-order valence-corrected chi connectivity index (χ3v) is 3.27. The Labute approximate surface area is 106 Å². The Morgan fingerprint density at radius 3 is 2.33 bits per heavy atom. The second kappa shape index (κ2) is 5.97. The van der Waals surface area contributed by atoms with Crippen molar-refractivity contribution in [1.82, 2.24) is 10.4 Å². The number of carbonyl (C=O) groups excluding carboxylic acids is 1. The fourth-order valence-electron chi connectivity index (χ4n) is 2.28. The number of carboxylic acid groups (broad SMARTS) is 1. The molecule has 1 saturated heterocycles. The maximum Gasteiger partial charge on any atom is 0.332 e. The van der Waals surface area contributed by atoms with E-state index in [-0.39, 0.29) is 11.5 Å². The van der Waals surface area contributed by atoms with Crippen molar-refractivity contribution in [3.05, 3.63) is 11.1 Å². The Morgan fingerprint density at radius 1 is 1.11 bits per heavy atom. The highest BCUT2D eigenvalue weighted by Gasteiger charge is 2.24. The van der Waals surface area contributed by atoms with Crippen molar-refractivity contribution in [3.63, 3.8) is 0 Å². The first-order valence-electron chi connectivity index (χ1n) is 6.27. The van der Waals surface area contributed by atoms with E-state index in [0.29, 0.717) is 44.7 Å². The third kappa shape index (κ3) is 3.08. The number of morpholine rings is 1. The molecule has 1 heterocycles. The van der Waals surface area contributed by atoms with Gasteiger partial charge in [-0.3, -0.25) is 10.2 Å². The van der Waals surface area contributed by atoms with Crippen molar-refractivity contribution >= 4 is 11.9 Å². The van der Waals surface area contributed by atoms with Gasteiger partial charge in [0, 0.05) is 24.2 Å². The molecule has 0 atom stereocenters. The molecule has 1 fully saturated rings. The van der Waals surface area contributed by atoms with Gasteiger partial charge in [-0.1, -0.05) is 0 Å². The quantitative estimate of drug-likeness (QED) is 0.757. The largest absolute Gasteiger partial charge is 0.478 e. The molecule has 0 aromatic heterocycles. The lowest BCUT2D eigenvalue weighted by Gasteiger charge is -2.28. The number of amides is 1. The second-order valence-corrected chi connectivity index (χ2v) is 4.51. The van der Waals surface area contributed by atoms with Crippen molar-refractivity contribution in [1.29, 1.82) is 0 Å². The molecular weight excluding hydrogens is 236 g/mol. The lowest BCUT2D eigenvalue weighted by molar-refractivity contribution is -0.134. The van der Waals surface area contributed by atoms with Crippen molar-refractivity contribution in [3.8, 4) is 0 Å². The first kappa shape index (κ1) is 13.0. The second-order valence-electron chi connectivity index (χ2n) is 4.51. The molecule has 0 unspecified atom stereocenters. The number of carbonyl (C=O) groups is 2. The Morgan fingerprint density at radius 2 is 1.72 bits per heavy atom. The third-order valence-electron chi connectivity index (χ3n) is 3.27. The van der Waals surface area contributed by atoms with E-state index in [1.165, 1.54) is 0 Å². The number of rotatable bonds is 3. The molecule has 1 amide bonds. The molecule has 6 nitrogen and oxygen atoms in total. The summed E-state index contributed by atoms with van der Waals surface area (Å²) in [5.41, 5.74) is 3.47. The summed E-state index contributed by atoms with van der Waals surface area (Å²) in [6, 6.07) is 0. The van der Waals surface area contributed by atoms with Crippen LogP contribution in [0.3, 0.4) is 0 Å². The molecule has 2 rings (SSSR count). The Bertz CT molecular complexity index is 372. The van der Waals surface area contributed by atoms with Gasteiger partial charge in [0.05, 0.1) is 13.2 Å². The zero-order valence-electron chi connectivity index (χ0n) is 10.3. The molecule has 0 aromatic carbocycles. The van der Waals surface area contributed by atoms with Crippen LogP contribution in [0.15, 0.2) is 11.1 Å². The van der Waals surface area contributed by atoms with E-state index < -0.39 is 5.97 Å². The molecule has 0 spiro atoms. The first-order chi connectivity index (χ1) is 8.68. The van der Waals surface area contributed by atoms with E-state index in [1.54, 1.807) is 5.01 Å². The monoisotopic (exact) mass is 254 g/mol. The van der Waals surface area contributed by atoms with Gasteiger partial charge in [0.15, 0.2) is 0 Å². The molecule has 100 valence electrons. The van der Waals surface area contributed by atoms with Gasteiger partial charge < -0.3 is 9.84 Å². The van der Waals surface area contributed by atoms with Gasteiger partial charge in [-0.15, -0.1) is 0 Å². The highest BCUT2D eigenvalue weighted by Crippen LogP contribution is 2.25. The van der Waals surface area contributed by atoms with Crippen LogP contribution in [0.25, 0.3) is 0 Å². The zero-order chi connectivity index (χ0) is 13.0. The van der Waals surface area contributed by atoms with Crippen molar-refractivity contribution in [2.24, 2.45) is 0 Å². The van der Waals surface area contributed by atoms with E-state index >= 15 is 0 Å². The molecular formula is C12H18N2O4. The summed E-state index contributed by atoms with van der Waals surface area (Å²) >= 11 is 0. The van der Waals surface area contributed by atoms with Crippen molar-refractivity contribution in [2.45, 2.75) is 25.7 Å². The Hall–Kier alpha value is -1.40. The maximum absolute atomic E-state index is 12.1. The summed E-state index contributed by atoms with van der Waals surface area (Å²) in [5.74, 6) is -1.24. The molecule has 6 heteroatoms. The van der Waals surface area contributed by atoms with Crippen LogP contribution in [0, 0.1) is 0 Å². The Kier molecular flexibility index (Phi) is 4.33.